The number of amides is 1. The Morgan fingerprint density at radius 2 is 1.59 bits per heavy atom. The molecule has 0 atom stereocenters. The standard InChI is InChI=1S/C19H18BrN5O4/c1-27-11-6-4-7-12(28-2)15(11)24-18-17(22-10-14(20)23-18)25-19(26)16-13(29-3)8-5-9-21-16/h4-10H,1-3H3,(H,23,24)(H,22,25,26). The molecule has 29 heavy (non-hydrogen) atoms. The third-order valence-electron chi connectivity index (χ3n) is 3.85. The van der Waals surface area contributed by atoms with Crippen molar-refractivity contribution in [3.05, 3.63) is 53.0 Å². The number of hydrogen-bond donors (Lipinski definition) is 2. The highest BCUT2D eigenvalue weighted by molar-refractivity contribution is 9.10. The van der Waals surface area contributed by atoms with Gasteiger partial charge in [0.1, 0.15) is 27.5 Å². The SMILES string of the molecule is COc1cccnc1C(=O)Nc1ncc(Br)nc1Nc1c(OC)cccc1OC. The molecule has 1 aromatic carbocycles. The monoisotopic (exact) mass is 459 g/mol. The Labute approximate surface area is 175 Å². The molecule has 150 valence electrons. The van der Waals surface area contributed by atoms with Gasteiger partial charge < -0.3 is 24.8 Å². The van der Waals surface area contributed by atoms with Crippen LogP contribution in [0.2, 0.25) is 0 Å². The third kappa shape index (κ3) is 4.54. The van der Waals surface area contributed by atoms with Crippen LogP contribution in [-0.2, 0) is 0 Å². The van der Waals surface area contributed by atoms with Gasteiger partial charge in [-0.25, -0.2) is 15.0 Å². The van der Waals surface area contributed by atoms with E-state index in [4.69, 9.17) is 14.2 Å². The van der Waals surface area contributed by atoms with Gasteiger partial charge in [-0.15, -0.1) is 0 Å². The molecule has 10 heteroatoms. The minimum Gasteiger partial charge on any atom is -0.494 e. The van der Waals surface area contributed by atoms with Crippen molar-refractivity contribution in [2.24, 2.45) is 0 Å². The second-order valence-corrected chi connectivity index (χ2v) is 6.37. The van der Waals surface area contributed by atoms with E-state index >= 15 is 0 Å². The maximum Gasteiger partial charge on any atom is 0.279 e. The number of aromatic nitrogens is 3. The van der Waals surface area contributed by atoms with Gasteiger partial charge in [-0.3, -0.25) is 4.79 Å². The van der Waals surface area contributed by atoms with Gasteiger partial charge in [-0.2, -0.15) is 0 Å². The fourth-order valence-electron chi connectivity index (χ4n) is 2.53. The fraction of sp³-hybridized carbons (Fsp3) is 0.158. The van der Waals surface area contributed by atoms with Crippen LogP contribution in [0, 0.1) is 0 Å². The number of benzene rings is 1. The fourth-order valence-corrected chi connectivity index (χ4v) is 2.81. The number of rotatable bonds is 7. The largest absolute Gasteiger partial charge is 0.494 e. The number of halogens is 1. The molecule has 0 unspecified atom stereocenters. The number of carbonyl (C=O) groups is 1. The lowest BCUT2D eigenvalue weighted by Crippen LogP contribution is -2.17. The minimum absolute atomic E-state index is 0.126. The zero-order chi connectivity index (χ0) is 20.8. The second kappa shape index (κ2) is 9.20. The van der Waals surface area contributed by atoms with E-state index < -0.39 is 5.91 Å². The van der Waals surface area contributed by atoms with E-state index in [1.165, 1.54) is 19.5 Å². The molecule has 1 amide bonds. The molecule has 9 nitrogen and oxygen atoms in total. The first-order valence-electron chi connectivity index (χ1n) is 8.38. The van der Waals surface area contributed by atoms with Crippen molar-refractivity contribution >= 4 is 39.2 Å². The highest BCUT2D eigenvalue weighted by Gasteiger charge is 2.19. The zero-order valence-electron chi connectivity index (χ0n) is 15.9. The Bertz CT molecular complexity index is 1010. The first-order valence-corrected chi connectivity index (χ1v) is 9.17. The molecule has 0 aliphatic rings. The van der Waals surface area contributed by atoms with E-state index in [1.807, 2.05) is 0 Å². The van der Waals surface area contributed by atoms with Gasteiger partial charge in [-0.05, 0) is 40.2 Å². The number of para-hydroxylation sites is 1. The molecule has 3 aromatic rings. The topological polar surface area (TPSA) is 107 Å². The summed E-state index contributed by atoms with van der Waals surface area (Å²) in [6, 6.07) is 8.66. The van der Waals surface area contributed by atoms with Crippen LogP contribution in [0.3, 0.4) is 0 Å². The van der Waals surface area contributed by atoms with Gasteiger partial charge in [0.15, 0.2) is 17.3 Å². The smallest absolute Gasteiger partial charge is 0.279 e. The molecule has 0 radical (unpaired) electrons. The summed E-state index contributed by atoms with van der Waals surface area (Å²) in [4.78, 5) is 25.4. The summed E-state index contributed by atoms with van der Waals surface area (Å²) in [7, 11) is 4.55. The summed E-state index contributed by atoms with van der Waals surface area (Å²) in [6.07, 6.45) is 2.97. The second-order valence-electron chi connectivity index (χ2n) is 5.56. The molecule has 0 bridgehead atoms. The number of carbonyl (C=O) groups excluding carboxylic acids is 1. The first-order chi connectivity index (χ1) is 14.1. The zero-order valence-corrected chi connectivity index (χ0v) is 17.5. The van der Waals surface area contributed by atoms with E-state index in [1.54, 1.807) is 44.6 Å². The Morgan fingerprint density at radius 1 is 0.931 bits per heavy atom. The number of nitrogens with one attached hydrogen (secondary N) is 2. The molecular formula is C19H18BrN5O4. The van der Waals surface area contributed by atoms with Gasteiger partial charge >= 0.3 is 0 Å². The summed E-state index contributed by atoms with van der Waals surface area (Å²) in [6.45, 7) is 0. The van der Waals surface area contributed by atoms with Crippen molar-refractivity contribution in [1.29, 1.82) is 0 Å². The summed E-state index contributed by atoms with van der Waals surface area (Å²) in [5, 5.41) is 5.82. The van der Waals surface area contributed by atoms with Gasteiger partial charge in [0.25, 0.3) is 5.91 Å². The lowest BCUT2D eigenvalue weighted by Gasteiger charge is -2.16. The van der Waals surface area contributed by atoms with Crippen molar-refractivity contribution in [1.82, 2.24) is 15.0 Å². The number of pyridine rings is 1. The normalized spacial score (nSPS) is 10.2. The lowest BCUT2D eigenvalue weighted by molar-refractivity contribution is 0.101. The Morgan fingerprint density at radius 3 is 2.24 bits per heavy atom. The average Bonchev–Trinajstić information content (AvgIpc) is 2.75. The number of methoxy groups -OCH3 is 3. The van der Waals surface area contributed by atoms with Gasteiger partial charge in [-0.1, -0.05) is 6.07 Å². The molecular weight excluding hydrogens is 442 g/mol. The lowest BCUT2D eigenvalue weighted by atomic mass is 10.2. The Hall–Kier alpha value is -3.40. The molecule has 2 N–H and O–H groups in total. The maximum absolute atomic E-state index is 12.7. The molecule has 2 aromatic heterocycles. The van der Waals surface area contributed by atoms with Crippen LogP contribution in [0.4, 0.5) is 17.3 Å². The number of hydrogen-bond acceptors (Lipinski definition) is 8. The predicted molar refractivity (Wildman–Crippen MR) is 111 cm³/mol. The van der Waals surface area contributed by atoms with E-state index in [2.05, 4.69) is 41.5 Å². The van der Waals surface area contributed by atoms with Gasteiger partial charge in [0.05, 0.1) is 27.5 Å². The van der Waals surface area contributed by atoms with Gasteiger partial charge in [0.2, 0.25) is 0 Å². The van der Waals surface area contributed by atoms with E-state index in [0.29, 0.717) is 27.5 Å². The molecule has 3 rings (SSSR count). The van der Waals surface area contributed by atoms with Crippen LogP contribution >= 0.6 is 15.9 Å². The molecule has 0 fully saturated rings. The van der Waals surface area contributed by atoms with E-state index in [9.17, 15) is 4.79 Å². The molecule has 2 heterocycles. The van der Waals surface area contributed by atoms with Crippen molar-refractivity contribution in [2.45, 2.75) is 0 Å². The van der Waals surface area contributed by atoms with Crippen LogP contribution in [0.25, 0.3) is 0 Å². The van der Waals surface area contributed by atoms with Crippen LogP contribution in [0.15, 0.2) is 47.3 Å². The Kier molecular flexibility index (Phi) is 6.45. The number of anilines is 3. The van der Waals surface area contributed by atoms with Crippen LogP contribution in [-0.4, -0.2) is 42.2 Å². The first kappa shape index (κ1) is 20.3. The highest BCUT2D eigenvalue weighted by Crippen LogP contribution is 2.37. The van der Waals surface area contributed by atoms with Crippen molar-refractivity contribution in [3.63, 3.8) is 0 Å². The van der Waals surface area contributed by atoms with Crippen molar-refractivity contribution < 1.29 is 19.0 Å². The number of nitrogens with zero attached hydrogens (tertiary/aromatic N) is 3. The average molecular weight is 460 g/mol. The predicted octanol–water partition coefficient (Wildman–Crippen LogP) is 3.66. The highest BCUT2D eigenvalue weighted by atomic mass is 79.9. The summed E-state index contributed by atoms with van der Waals surface area (Å²) < 4.78 is 16.5. The summed E-state index contributed by atoms with van der Waals surface area (Å²) in [5.74, 6) is 1.40. The molecule has 0 saturated heterocycles. The summed E-state index contributed by atoms with van der Waals surface area (Å²) in [5.41, 5.74) is 0.663. The Balaban J connectivity index is 1.97. The quantitative estimate of drug-likeness (QED) is 0.550. The molecule has 0 saturated carbocycles. The van der Waals surface area contributed by atoms with Crippen LogP contribution < -0.4 is 24.8 Å². The van der Waals surface area contributed by atoms with Crippen molar-refractivity contribution in [2.75, 3.05) is 32.0 Å². The molecule has 0 aliphatic heterocycles. The molecule has 0 spiro atoms. The van der Waals surface area contributed by atoms with Crippen LogP contribution in [0.5, 0.6) is 17.2 Å². The van der Waals surface area contributed by atoms with Crippen LogP contribution in [0.1, 0.15) is 10.5 Å². The summed E-state index contributed by atoms with van der Waals surface area (Å²) >= 11 is 3.29. The van der Waals surface area contributed by atoms with Gasteiger partial charge in [0, 0.05) is 6.20 Å². The number of ether oxygens (including phenoxy) is 3. The third-order valence-corrected chi connectivity index (χ3v) is 4.23. The van der Waals surface area contributed by atoms with E-state index in [0.717, 1.165) is 0 Å². The minimum atomic E-state index is -0.492. The molecule has 0 aliphatic carbocycles. The maximum atomic E-state index is 12.7. The van der Waals surface area contributed by atoms with E-state index in [-0.39, 0.29) is 17.3 Å². The van der Waals surface area contributed by atoms with Crippen molar-refractivity contribution in [3.8, 4) is 17.2 Å².